The van der Waals surface area contributed by atoms with Crippen LogP contribution in [-0.4, -0.2) is 53.5 Å². The second-order valence-corrected chi connectivity index (χ2v) is 6.51. The molecule has 0 aliphatic carbocycles. The third-order valence-electron chi connectivity index (χ3n) is 2.64. The molecular formula is C15H27N5O. The zero-order chi connectivity index (χ0) is 16.0. The largest absolute Gasteiger partial charge is 0.354 e. The molecule has 0 fully saturated rings. The van der Waals surface area contributed by atoms with Crippen molar-refractivity contribution >= 4 is 11.9 Å². The monoisotopic (exact) mass is 293 g/mol. The summed E-state index contributed by atoms with van der Waals surface area (Å²) in [5.74, 6) is 0.331. The number of hydrogen-bond acceptors (Lipinski definition) is 5. The first-order chi connectivity index (χ1) is 9.67. The van der Waals surface area contributed by atoms with Crippen LogP contribution in [0.5, 0.6) is 0 Å². The third kappa shape index (κ3) is 7.04. The predicted octanol–water partition coefficient (Wildman–Crippen LogP) is 1.68. The van der Waals surface area contributed by atoms with E-state index in [2.05, 4.69) is 25.5 Å². The van der Waals surface area contributed by atoms with Gasteiger partial charge in [-0.2, -0.15) is 0 Å². The number of nitrogens with zero attached hydrogens (tertiary/aromatic N) is 3. The fourth-order valence-corrected chi connectivity index (χ4v) is 1.76. The molecule has 0 saturated heterocycles. The van der Waals surface area contributed by atoms with Gasteiger partial charge >= 0.3 is 0 Å². The van der Waals surface area contributed by atoms with Gasteiger partial charge in [0.05, 0.1) is 0 Å². The van der Waals surface area contributed by atoms with Crippen LogP contribution in [0, 0.1) is 6.92 Å². The van der Waals surface area contributed by atoms with Gasteiger partial charge in [-0.1, -0.05) is 0 Å². The van der Waals surface area contributed by atoms with Gasteiger partial charge in [-0.3, -0.25) is 4.79 Å². The van der Waals surface area contributed by atoms with Crippen LogP contribution in [-0.2, 0) is 0 Å². The average Bonchev–Trinajstić information content (AvgIpc) is 2.31. The lowest BCUT2D eigenvalue weighted by molar-refractivity contribution is 0.0914. The Balaban J connectivity index is 2.69. The summed E-state index contributed by atoms with van der Waals surface area (Å²) in [6.07, 6.45) is 0.994. The van der Waals surface area contributed by atoms with Crippen molar-refractivity contribution in [2.24, 2.45) is 0 Å². The van der Waals surface area contributed by atoms with Crippen LogP contribution in [0.3, 0.4) is 0 Å². The lowest BCUT2D eigenvalue weighted by atomic mass is 10.1. The smallest absolute Gasteiger partial charge is 0.270 e. The minimum atomic E-state index is -0.282. The molecule has 1 rings (SSSR count). The highest BCUT2D eigenvalue weighted by molar-refractivity contribution is 5.93. The standard InChI is InChI=1S/C15H27N5O/c1-11-10-12(13(21)19-15(2,3)4)18-14(17-11)16-8-7-9-20(5)6/h10H,7-9H2,1-6H3,(H,19,21)(H,16,17,18). The van der Waals surface area contributed by atoms with Crippen LogP contribution in [0.1, 0.15) is 43.4 Å². The maximum atomic E-state index is 12.1. The van der Waals surface area contributed by atoms with Crippen LogP contribution < -0.4 is 10.6 Å². The van der Waals surface area contributed by atoms with E-state index in [1.54, 1.807) is 6.07 Å². The molecule has 2 N–H and O–H groups in total. The molecule has 0 atom stereocenters. The van der Waals surface area contributed by atoms with Gasteiger partial charge in [0.15, 0.2) is 0 Å². The molecule has 0 radical (unpaired) electrons. The Labute approximate surface area is 127 Å². The normalized spacial score (nSPS) is 11.6. The molecule has 6 heteroatoms. The lowest BCUT2D eigenvalue weighted by Gasteiger charge is -2.20. The Bertz CT molecular complexity index is 479. The number of amides is 1. The van der Waals surface area contributed by atoms with Gasteiger partial charge in [0, 0.05) is 17.8 Å². The van der Waals surface area contributed by atoms with E-state index < -0.39 is 0 Å². The van der Waals surface area contributed by atoms with Crippen molar-refractivity contribution in [1.29, 1.82) is 0 Å². The summed E-state index contributed by atoms with van der Waals surface area (Å²) in [6.45, 7) is 9.47. The molecule has 0 bridgehead atoms. The van der Waals surface area contributed by atoms with E-state index in [4.69, 9.17) is 0 Å². The number of aromatic nitrogens is 2. The summed E-state index contributed by atoms with van der Waals surface area (Å²) >= 11 is 0. The van der Waals surface area contributed by atoms with E-state index >= 15 is 0 Å². The summed E-state index contributed by atoms with van der Waals surface area (Å²) in [5, 5.41) is 6.08. The van der Waals surface area contributed by atoms with Crippen molar-refractivity contribution in [3.8, 4) is 0 Å². The number of nitrogens with one attached hydrogen (secondary N) is 2. The Kier molecular flexibility index (Phi) is 6.08. The Morgan fingerprint density at radius 2 is 1.95 bits per heavy atom. The summed E-state index contributed by atoms with van der Waals surface area (Å²) < 4.78 is 0. The fourth-order valence-electron chi connectivity index (χ4n) is 1.76. The highest BCUT2D eigenvalue weighted by Gasteiger charge is 2.17. The highest BCUT2D eigenvalue weighted by Crippen LogP contribution is 2.07. The van der Waals surface area contributed by atoms with Crippen LogP contribution in [0.4, 0.5) is 5.95 Å². The van der Waals surface area contributed by atoms with Gasteiger partial charge in [-0.15, -0.1) is 0 Å². The molecule has 21 heavy (non-hydrogen) atoms. The van der Waals surface area contributed by atoms with Gasteiger partial charge in [0.25, 0.3) is 5.91 Å². The Hall–Kier alpha value is -1.69. The number of aryl methyl sites for hydroxylation is 1. The van der Waals surface area contributed by atoms with Gasteiger partial charge in [0.1, 0.15) is 5.69 Å². The van der Waals surface area contributed by atoms with Crippen molar-refractivity contribution in [3.05, 3.63) is 17.5 Å². The van der Waals surface area contributed by atoms with Crippen molar-refractivity contribution < 1.29 is 4.79 Å². The first kappa shape index (κ1) is 17.4. The molecule has 118 valence electrons. The molecule has 1 heterocycles. The molecule has 1 amide bonds. The van der Waals surface area contributed by atoms with E-state index in [1.165, 1.54) is 0 Å². The van der Waals surface area contributed by atoms with Crippen LogP contribution in [0.2, 0.25) is 0 Å². The van der Waals surface area contributed by atoms with Gasteiger partial charge in [0.2, 0.25) is 5.95 Å². The number of rotatable bonds is 6. The molecule has 0 spiro atoms. The third-order valence-corrected chi connectivity index (χ3v) is 2.64. The van der Waals surface area contributed by atoms with Crippen LogP contribution >= 0.6 is 0 Å². The minimum Gasteiger partial charge on any atom is -0.354 e. The minimum absolute atomic E-state index is 0.177. The van der Waals surface area contributed by atoms with E-state index in [1.807, 2.05) is 41.8 Å². The van der Waals surface area contributed by atoms with Crippen molar-refractivity contribution in [2.45, 2.75) is 39.7 Å². The molecule has 6 nitrogen and oxygen atoms in total. The van der Waals surface area contributed by atoms with Crippen molar-refractivity contribution in [2.75, 3.05) is 32.5 Å². The summed E-state index contributed by atoms with van der Waals surface area (Å²) in [4.78, 5) is 22.9. The van der Waals surface area contributed by atoms with Crippen LogP contribution in [0.25, 0.3) is 0 Å². The first-order valence-electron chi connectivity index (χ1n) is 7.24. The first-order valence-corrected chi connectivity index (χ1v) is 7.24. The van der Waals surface area contributed by atoms with E-state index in [0.717, 1.165) is 25.2 Å². The summed E-state index contributed by atoms with van der Waals surface area (Å²) in [6, 6.07) is 1.70. The van der Waals surface area contributed by atoms with Gasteiger partial charge in [-0.05, 0) is 60.8 Å². The maximum Gasteiger partial charge on any atom is 0.270 e. The zero-order valence-corrected chi connectivity index (χ0v) is 13.9. The second kappa shape index (κ2) is 7.36. The van der Waals surface area contributed by atoms with Crippen molar-refractivity contribution in [1.82, 2.24) is 20.2 Å². The molecule has 0 aliphatic rings. The Morgan fingerprint density at radius 3 is 2.52 bits per heavy atom. The number of anilines is 1. The zero-order valence-electron chi connectivity index (χ0n) is 13.9. The topological polar surface area (TPSA) is 70.2 Å². The average molecular weight is 293 g/mol. The fraction of sp³-hybridized carbons (Fsp3) is 0.667. The molecule has 1 aromatic heterocycles. The number of carbonyl (C=O) groups excluding carboxylic acids is 1. The number of hydrogen-bond donors (Lipinski definition) is 2. The summed E-state index contributed by atoms with van der Waals surface area (Å²) in [7, 11) is 4.08. The lowest BCUT2D eigenvalue weighted by Crippen LogP contribution is -2.41. The second-order valence-electron chi connectivity index (χ2n) is 6.51. The van der Waals surface area contributed by atoms with E-state index in [9.17, 15) is 4.79 Å². The Morgan fingerprint density at radius 1 is 1.29 bits per heavy atom. The molecule has 0 unspecified atom stereocenters. The SMILES string of the molecule is Cc1cc(C(=O)NC(C)(C)C)nc(NCCCN(C)C)n1. The van der Waals surface area contributed by atoms with Crippen LogP contribution in [0.15, 0.2) is 6.07 Å². The van der Waals surface area contributed by atoms with Gasteiger partial charge < -0.3 is 15.5 Å². The van der Waals surface area contributed by atoms with E-state index in [-0.39, 0.29) is 11.4 Å². The van der Waals surface area contributed by atoms with Crippen molar-refractivity contribution in [3.63, 3.8) is 0 Å². The van der Waals surface area contributed by atoms with Gasteiger partial charge in [-0.25, -0.2) is 9.97 Å². The molecule has 0 aliphatic heterocycles. The molecule has 0 saturated carbocycles. The molecule has 1 aromatic rings. The maximum absolute atomic E-state index is 12.1. The predicted molar refractivity (Wildman–Crippen MR) is 85.6 cm³/mol. The number of carbonyl (C=O) groups is 1. The summed E-state index contributed by atoms with van der Waals surface area (Å²) in [5.41, 5.74) is 0.890. The molecular weight excluding hydrogens is 266 g/mol. The molecule has 0 aromatic carbocycles. The highest BCUT2D eigenvalue weighted by atomic mass is 16.2. The van der Waals surface area contributed by atoms with E-state index in [0.29, 0.717) is 11.6 Å². The quantitative estimate of drug-likeness (QED) is 0.781.